The Kier molecular flexibility index (Phi) is 4.29. The number of ether oxygens (including phenoxy) is 1. The molecule has 0 aliphatic rings. The number of nitrogens with zero attached hydrogens (tertiary/aromatic N) is 5. The van der Waals surface area contributed by atoms with Crippen molar-refractivity contribution in [3.05, 3.63) is 23.7 Å². The molecule has 0 saturated carbocycles. The van der Waals surface area contributed by atoms with Crippen molar-refractivity contribution in [2.45, 2.75) is 5.16 Å². The summed E-state index contributed by atoms with van der Waals surface area (Å²) >= 11 is 7.29. The average Bonchev–Trinajstić information content (AvgIpc) is 2.82. The average molecular weight is 272 g/mol. The molecule has 2 aromatic rings. The van der Waals surface area contributed by atoms with E-state index in [9.17, 15) is 0 Å². The van der Waals surface area contributed by atoms with Gasteiger partial charge in [-0.1, -0.05) is 11.8 Å². The molecule has 2 rings (SSSR count). The first-order valence-corrected chi connectivity index (χ1v) is 6.19. The summed E-state index contributed by atoms with van der Waals surface area (Å²) in [4.78, 5) is 12.3. The standard InChI is InChI=1S/C9H10ClN5OS/c1-16-5-6-17-9-13-7(10)12-8(14-9)15-4-2-3-11-15/h2-4H,5-6H2,1H3. The molecule has 0 spiro atoms. The van der Waals surface area contributed by atoms with Gasteiger partial charge in [0.05, 0.1) is 6.61 Å². The normalized spacial score (nSPS) is 10.7. The van der Waals surface area contributed by atoms with Crippen molar-refractivity contribution in [1.29, 1.82) is 0 Å². The minimum atomic E-state index is 0.158. The second-order valence-corrected chi connectivity index (χ2v) is 4.38. The van der Waals surface area contributed by atoms with Crippen molar-refractivity contribution in [2.75, 3.05) is 19.5 Å². The lowest BCUT2D eigenvalue weighted by atomic mass is 10.7. The van der Waals surface area contributed by atoms with Crippen molar-refractivity contribution >= 4 is 23.4 Å². The first-order valence-electron chi connectivity index (χ1n) is 4.83. The van der Waals surface area contributed by atoms with Gasteiger partial charge in [-0.2, -0.15) is 20.1 Å². The molecular formula is C9H10ClN5OS. The highest BCUT2D eigenvalue weighted by Crippen LogP contribution is 2.15. The number of halogens is 1. The van der Waals surface area contributed by atoms with E-state index >= 15 is 0 Å². The fourth-order valence-electron chi connectivity index (χ4n) is 1.09. The zero-order chi connectivity index (χ0) is 12.1. The minimum absolute atomic E-state index is 0.158. The number of hydrogen-bond donors (Lipinski definition) is 0. The lowest BCUT2D eigenvalue weighted by Gasteiger charge is -2.03. The van der Waals surface area contributed by atoms with Gasteiger partial charge in [0.1, 0.15) is 0 Å². The van der Waals surface area contributed by atoms with Crippen LogP contribution in [0, 0.1) is 0 Å². The molecule has 0 aliphatic carbocycles. The maximum atomic E-state index is 5.83. The van der Waals surface area contributed by atoms with E-state index in [0.717, 1.165) is 5.75 Å². The molecule has 2 aromatic heterocycles. The quantitative estimate of drug-likeness (QED) is 0.606. The van der Waals surface area contributed by atoms with Crippen LogP contribution in [0.5, 0.6) is 0 Å². The zero-order valence-corrected chi connectivity index (χ0v) is 10.6. The zero-order valence-electron chi connectivity index (χ0n) is 9.08. The van der Waals surface area contributed by atoms with Crippen LogP contribution in [0.25, 0.3) is 5.95 Å². The molecule has 8 heteroatoms. The molecule has 0 saturated heterocycles. The number of thioether (sulfide) groups is 1. The largest absolute Gasteiger partial charge is 0.384 e. The van der Waals surface area contributed by atoms with Crippen molar-refractivity contribution in [3.8, 4) is 5.95 Å². The van der Waals surface area contributed by atoms with Crippen LogP contribution in [0.15, 0.2) is 23.6 Å². The Balaban J connectivity index is 2.18. The van der Waals surface area contributed by atoms with E-state index in [1.54, 1.807) is 25.6 Å². The second-order valence-electron chi connectivity index (χ2n) is 2.98. The Labute approximate surface area is 107 Å². The summed E-state index contributed by atoms with van der Waals surface area (Å²) in [6, 6.07) is 1.79. The Morgan fingerprint density at radius 2 is 2.29 bits per heavy atom. The molecule has 17 heavy (non-hydrogen) atoms. The summed E-state index contributed by atoms with van der Waals surface area (Å²) in [7, 11) is 1.65. The van der Waals surface area contributed by atoms with Crippen LogP contribution in [0.2, 0.25) is 5.28 Å². The highest BCUT2D eigenvalue weighted by molar-refractivity contribution is 7.99. The van der Waals surface area contributed by atoms with Gasteiger partial charge in [-0.15, -0.1) is 0 Å². The first kappa shape index (κ1) is 12.3. The predicted octanol–water partition coefficient (Wildman–Crippen LogP) is 1.45. The summed E-state index contributed by atoms with van der Waals surface area (Å²) in [6.45, 7) is 0.630. The monoisotopic (exact) mass is 271 g/mol. The van der Waals surface area contributed by atoms with Gasteiger partial charge in [-0.05, 0) is 17.7 Å². The van der Waals surface area contributed by atoms with Crippen molar-refractivity contribution in [2.24, 2.45) is 0 Å². The third-order valence-electron chi connectivity index (χ3n) is 1.80. The summed E-state index contributed by atoms with van der Waals surface area (Å²) in [6.07, 6.45) is 3.39. The number of aromatic nitrogens is 5. The van der Waals surface area contributed by atoms with E-state index in [1.807, 2.05) is 0 Å². The molecule has 0 fully saturated rings. The Hall–Kier alpha value is -1.18. The maximum absolute atomic E-state index is 5.83. The van der Waals surface area contributed by atoms with E-state index in [4.69, 9.17) is 16.3 Å². The molecule has 2 heterocycles. The van der Waals surface area contributed by atoms with E-state index < -0.39 is 0 Å². The van der Waals surface area contributed by atoms with Gasteiger partial charge in [-0.25, -0.2) is 4.68 Å². The smallest absolute Gasteiger partial charge is 0.255 e. The number of rotatable bonds is 5. The van der Waals surface area contributed by atoms with Crippen molar-refractivity contribution in [3.63, 3.8) is 0 Å². The van der Waals surface area contributed by atoms with E-state index in [-0.39, 0.29) is 5.28 Å². The third-order valence-corrected chi connectivity index (χ3v) is 2.78. The molecule has 0 radical (unpaired) electrons. The van der Waals surface area contributed by atoms with E-state index in [0.29, 0.717) is 17.7 Å². The van der Waals surface area contributed by atoms with Crippen LogP contribution in [0.3, 0.4) is 0 Å². The van der Waals surface area contributed by atoms with Crippen LogP contribution < -0.4 is 0 Å². The molecular weight excluding hydrogens is 262 g/mol. The molecule has 0 atom stereocenters. The number of hydrogen-bond acceptors (Lipinski definition) is 6. The van der Waals surface area contributed by atoms with E-state index in [1.165, 1.54) is 16.4 Å². The Bertz CT molecular complexity index is 478. The minimum Gasteiger partial charge on any atom is -0.384 e. The Morgan fingerprint density at radius 1 is 1.41 bits per heavy atom. The molecule has 0 bridgehead atoms. The second kappa shape index (κ2) is 5.95. The molecule has 0 N–H and O–H groups in total. The van der Waals surface area contributed by atoms with Crippen LogP contribution in [0.1, 0.15) is 0 Å². The maximum Gasteiger partial charge on any atom is 0.255 e. The van der Waals surface area contributed by atoms with Gasteiger partial charge in [0.2, 0.25) is 5.28 Å². The fraction of sp³-hybridized carbons (Fsp3) is 0.333. The summed E-state index contributed by atoms with van der Waals surface area (Å²) < 4.78 is 6.49. The highest BCUT2D eigenvalue weighted by atomic mass is 35.5. The summed E-state index contributed by atoms with van der Waals surface area (Å²) in [5, 5.41) is 4.76. The molecule has 90 valence electrons. The molecule has 0 aromatic carbocycles. The van der Waals surface area contributed by atoms with Gasteiger partial charge < -0.3 is 4.74 Å². The predicted molar refractivity (Wildman–Crippen MR) is 64.6 cm³/mol. The topological polar surface area (TPSA) is 65.7 Å². The molecule has 6 nitrogen and oxygen atoms in total. The van der Waals surface area contributed by atoms with E-state index in [2.05, 4.69) is 20.1 Å². The first-order chi connectivity index (χ1) is 8.29. The fourth-order valence-corrected chi connectivity index (χ4v) is 2.03. The number of methoxy groups -OCH3 is 1. The summed E-state index contributed by atoms with van der Waals surface area (Å²) in [5.41, 5.74) is 0. The Morgan fingerprint density at radius 3 is 3.00 bits per heavy atom. The summed E-state index contributed by atoms with van der Waals surface area (Å²) in [5.74, 6) is 1.17. The van der Waals surface area contributed by atoms with Gasteiger partial charge in [-0.3, -0.25) is 0 Å². The van der Waals surface area contributed by atoms with Gasteiger partial charge >= 0.3 is 0 Å². The third kappa shape index (κ3) is 3.39. The van der Waals surface area contributed by atoms with Crippen LogP contribution in [-0.2, 0) is 4.74 Å². The van der Waals surface area contributed by atoms with Gasteiger partial charge in [0.15, 0.2) is 5.16 Å². The lowest BCUT2D eigenvalue weighted by molar-refractivity contribution is 0.218. The lowest BCUT2D eigenvalue weighted by Crippen LogP contribution is -2.05. The van der Waals surface area contributed by atoms with Crippen LogP contribution in [-0.4, -0.2) is 44.2 Å². The highest BCUT2D eigenvalue weighted by Gasteiger charge is 2.07. The molecule has 0 unspecified atom stereocenters. The van der Waals surface area contributed by atoms with Crippen LogP contribution in [0.4, 0.5) is 0 Å². The van der Waals surface area contributed by atoms with Gasteiger partial charge in [0, 0.05) is 25.3 Å². The molecule has 0 aliphatic heterocycles. The molecule has 0 amide bonds. The van der Waals surface area contributed by atoms with Crippen molar-refractivity contribution in [1.82, 2.24) is 24.7 Å². The van der Waals surface area contributed by atoms with Gasteiger partial charge in [0.25, 0.3) is 5.95 Å². The van der Waals surface area contributed by atoms with Crippen LogP contribution >= 0.6 is 23.4 Å². The SMILES string of the molecule is COCCSc1nc(Cl)nc(-n2cccn2)n1. The van der Waals surface area contributed by atoms with Crippen molar-refractivity contribution < 1.29 is 4.74 Å².